The summed E-state index contributed by atoms with van der Waals surface area (Å²) in [5.74, 6) is -1.01. The number of halogens is 2. The fraction of sp³-hybridized carbons (Fsp3) is 0.273. The monoisotopic (exact) mass is 322 g/mol. The minimum atomic E-state index is -0.732. The molecule has 1 aliphatic rings. The van der Waals surface area contributed by atoms with E-state index in [9.17, 15) is 8.78 Å². The van der Waals surface area contributed by atoms with Crippen molar-refractivity contribution in [3.05, 3.63) is 82.4 Å². The Labute approximate surface area is 141 Å². The van der Waals surface area contributed by atoms with Gasteiger partial charge in [0.15, 0.2) is 11.6 Å². The first-order valence-corrected chi connectivity index (χ1v) is 8.64. The van der Waals surface area contributed by atoms with Gasteiger partial charge >= 0.3 is 0 Å². The van der Waals surface area contributed by atoms with Gasteiger partial charge in [0.1, 0.15) is 0 Å². The topological polar surface area (TPSA) is 0 Å². The molecule has 122 valence electrons. The molecule has 0 saturated heterocycles. The summed E-state index contributed by atoms with van der Waals surface area (Å²) in [5.41, 5.74) is 4.16. The van der Waals surface area contributed by atoms with Crippen LogP contribution in [0.3, 0.4) is 0 Å². The smallest absolute Gasteiger partial charge is 0.162 e. The SMILES string of the molecule is CCc1ccc2cc(C3CCc4c(ccc(F)c4F)C3)ccc2c1. The molecule has 1 unspecified atom stereocenters. The van der Waals surface area contributed by atoms with E-state index in [0.29, 0.717) is 17.9 Å². The third kappa shape index (κ3) is 2.60. The van der Waals surface area contributed by atoms with Gasteiger partial charge in [0.05, 0.1) is 0 Å². The lowest BCUT2D eigenvalue weighted by atomic mass is 9.79. The van der Waals surface area contributed by atoms with E-state index >= 15 is 0 Å². The molecule has 0 fully saturated rings. The lowest BCUT2D eigenvalue weighted by molar-refractivity contribution is 0.478. The van der Waals surface area contributed by atoms with Gasteiger partial charge in [-0.1, -0.05) is 49.4 Å². The van der Waals surface area contributed by atoms with Crippen LogP contribution in [-0.2, 0) is 19.3 Å². The van der Waals surface area contributed by atoms with Gasteiger partial charge in [0, 0.05) is 0 Å². The molecule has 0 aliphatic heterocycles. The molecule has 3 aromatic rings. The largest absolute Gasteiger partial charge is 0.204 e. The van der Waals surface area contributed by atoms with Crippen LogP contribution in [0.25, 0.3) is 10.8 Å². The van der Waals surface area contributed by atoms with Crippen LogP contribution in [-0.4, -0.2) is 0 Å². The quantitative estimate of drug-likeness (QED) is 0.546. The average molecular weight is 322 g/mol. The zero-order chi connectivity index (χ0) is 16.7. The third-order valence-electron chi connectivity index (χ3n) is 5.31. The summed E-state index contributed by atoms with van der Waals surface area (Å²) in [6, 6.07) is 16.2. The Morgan fingerprint density at radius 1 is 0.958 bits per heavy atom. The van der Waals surface area contributed by atoms with Gasteiger partial charge in [-0.25, -0.2) is 8.78 Å². The van der Waals surface area contributed by atoms with Gasteiger partial charge in [-0.2, -0.15) is 0 Å². The zero-order valence-electron chi connectivity index (χ0n) is 13.8. The molecule has 0 N–H and O–H groups in total. The highest BCUT2D eigenvalue weighted by Gasteiger charge is 2.24. The maximum atomic E-state index is 13.9. The van der Waals surface area contributed by atoms with E-state index in [1.165, 1.54) is 28.0 Å². The molecule has 0 bridgehead atoms. The van der Waals surface area contributed by atoms with Crippen LogP contribution in [0.1, 0.15) is 41.5 Å². The molecule has 0 spiro atoms. The molecule has 0 heterocycles. The number of benzene rings is 3. The highest BCUT2D eigenvalue weighted by Crippen LogP contribution is 2.35. The summed E-state index contributed by atoms with van der Waals surface area (Å²) in [4.78, 5) is 0. The van der Waals surface area contributed by atoms with Crippen molar-refractivity contribution in [1.82, 2.24) is 0 Å². The van der Waals surface area contributed by atoms with E-state index in [2.05, 4.69) is 43.3 Å². The summed E-state index contributed by atoms with van der Waals surface area (Å²) < 4.78 is 27.3. The number of hydrogen-bond donors (Lipinski definition) is 0. The molecule has 0 aromatic heterocycles. The Bertz CT molecular complexity index is 911. The van der Waals surface area contributed by atoms with Gasteiger partial charge < -0.3 is 0 Å². The number of rotatable bonds is 2. The van der Waals surface area contributed by atoms with Gasteiger partial charge in [-0.15, -0.1) is 0 Å². The van der Waals surface area contributed by atoms with E-state index in [1.54, 1.807) is 6.07 Å². The normalized spacial score (nSPS) is 17.0. The Morgan fingerprint density at radius 2 is 1.75 bits per heavy atom. The van der Waals surface area contributed by atoms with Crippen molar-refractivity contribution in [1.29, 1.82) is 0 Å². The van der Waals surface area contributed by atoms with Crippen LogP contribution in [0.5, 0.6) is 0 Å². The van der Waals surface area contributed by atoms with Crippen LogP contribution in [0.4, 0.5) is 8.78 Å². The second-order valence-electron chi connectivity index (χ2n) is 6.73. The first kappa shape index (κ1) is 15.3. The van der Waals surface area contributed by atoms with Gasteiger partial charge in [-0.05, 0) is 70.7 Å². The minimum Gasteiger partial charge on any atom is -0.204 e. The molecule has 3 aromatic carbocycles. The van der Waals surface area contributed by atoms with Crippen molar-refractivity contribution in [3.63, 3.8) is 0 Å². The molecule has 1 atom stereocenters. The molecule has 4 rings (SSSR count). The summed E-state index contributed by atoms with van der Waals surface area (Å²) in [6.07, 6.45) is 3.30. The Morgan fingerprint density at radius 3 is 2.58 bits per heavy atom. The Balaban J connectivity index is 1.67. The molecular formula is C22H20F2. The summed E-state index contributed by atoms with van der Waals surface area (Å²) in [7, 11) is 0. The highest BCUT2D eigenvalue weighted by molar-refractivity contribution is 5.84. The molecule has 1 aliphatic carbocycles. The molecule has 0 saturated carbocycles. The fourth-order valence-corrected chi connectivity index (χ4v) is 3.85. The average Bonchev–Trinajstić information content (AvgIpc) is 2.63. The van der Waals surface area contributed by atoms with Crippen molar-refractivity contribution in [2.24, 2.45) is 0 Å². The predicted molar refractivity (Wildman–Crippen MR) is 94.5 cm³/mol. The molecule has 24 heavy (non-hydrogen) atoms. The van der Waals surface area contributed by atoms with Crippen LogP contribution in [0, 0.1) is 11.6 Å². The maximum absolute atomic E-state index is 13.9. The Hall–Kier alpha value is -2.22. The van der Waals surface area contributed by atoms with Crippen molar-refractivity contribution >= 4 is 10.8 Å². The third-order valence-corrected chi connectivity index (χ3v) is 5.31. The van der Waals surface area contributed by atoms with Gasteiger partial charge in [0.25, 0.3) is 0 Å². The standard InChI is InChI=1S/C22H20F2/c1-2-14-3-4-16-12-17(6-5-15(16)11-14)18-7-9-20-19(13-18)8-10-21(23)22(20)24/h3-6,8,10-12,18H,2,7,9,13H2,1H3. The molecule has 0 nitrogen and oxygen atoms in total. The second-order valence-corrected chi connectivity index (χ2v) is 6.73. The Kier molecular flexibility index (Phi) is 3.84. The van der Waals surface area contributed by atoms with Gasteiger partial charge in [-0.3, -0.25) is 0 Å². The minimum absolute atomic E-state index is 0.373. The summed E-state index contributed by atoms with van der Waals surface area (Å²) in [6.45, 7) is 2.16. The van der Waals surface area contributed by atoms with Crippen LogP contribution in [0.2, 0.25) is 0 Å². The van der Waals surface area contributed by atoms with E-state index in [0.717, 1.165) is 24.8 Å². The van der Waals surface area contributed by atoms with Crippen molar-refractivity contribution < 1.29 is 8.78 Å². The van der Waals surface area contributed by atoms with Crippen LogP contribution in [0.15, 0.2) is 48.5 Å². The van der Waals surface area contributed by atoms with Crippen molar-refractivity contribution in [2.75, 3.05) is 0 Å². The van der Waals surface area contributed by atoms with E-state index in [-0.39, 0.29) is 0 Å². The fourth-order valence-electron chi connectivity index (χ4n) is 3.85. The van der Waals surface area contributed by atoms with E-state index in [4.69, 9.17) is 0 Å². The lowest BCUT2D eigenvalue weighted by Crippen LogP contribution is -2.15. The predicted octanol–water partition coefficient (Wildman–Crippen LogP) is 5.95. The van der Waals surface area contributed by atoms with Crippen LogP contribution < -0.4 is 0 Å². The molecule has 0 radical (unpaired) electrons. The zero-order valence-corrected chi connectivity index (χ0v) is 13.8. The van der Waals surface area contributed by atoms with Gasteiger partial charge in [0.2, 0.25) is 0 Å². The summed E-state index contributed by atoms with van der Waals surface area (Å²) >= 11 is 0. The van der Waals surface area contributed by atoms with Crippen molar-refractivity contribution in [2.45, 2.75) is 38.5 Å². The first-order chi connectivity index (χ1) is 11.7. The molecule has 0 amide bonds. The summed E-state index contributed by atoms with van der Waals surface area (Å²) in [5, 5.41) is 2.52. The highest BCUT2D eigenvalue weighted by atomic mass is 19.2. The first-order valence-electron chi connectivity index (χ1n) is 8.64. The maximum Gasteiger partial charge on any atom is 0.162 e. The second kappa shape index (κ2) is 6.01. The van der Waals surface area contributed by atoms with E-state index in [1.807, 2.05) is 0 Å². The number of fused-ring (bicyclic) bond motifs is 2. The lowest BCUT2D eigenvalue weighted by Gasteiger charge is -2.25. The van der Waals surface area contributed by atoms with E-state index < -0.39 is 11.6 Å². The number of hydrogen-bond acceptors (Lipinski definition) is 0. The number of aryl methyl sites for hydroxylation is 1. The van der Waals surface area contributed by atoms with Crippen LogP contribution >= 0.6 is 0 Å². The molecular weight excluding hydrogens is 302 g/mol. The molecule has 2 heteroatoms. The van der Waals surface area contributed by atoms with Crippen molar-refractivity contribution in [3.8, 4) is 0 Å².